The fraction of sp³-hybridized carbons (Fsp3) is 0.250. The first kappa shape index (κ1) is 19.0. The standard InChI is InChI=1S/C20H17F3N4O2/c21-14-5-3-12(4-6-14)18-25-19(29-26-18)13-2-1-9-27(11-13)20(28)24-15-7-8-16(22)17(23)10-15/h3-8,10,13H,1-2,9,11H2,(H,24,28). The number of amides is 2. The monoisotopic (exact) mass is 402 g/mol. The number of nitrogens with zero attached hydrogens (tertiary/aromatic N) is 3. The van der Waals surface area contributed by atoms with Crippen LogP contribution in [0.15, 0.2) is 47.0 Å². The van der Waals surface area contributed by atoms with Crippen molar-refractivity contribution in [1.82, 2.24) is 15.0 Å². The first-order chi connectivity index (χ1) is 14.0. The first-order valence-electron chi connectivity index (χ1n) is 9.10. The van der Waals surface area contributed by atoms with Gasteiger partial charge in [-0.25, -0.2) is 18.0 Å². The highest BCUT2D eigenvalue weighted by atomic mass is 19.2. The Morgan fingerprint density at radius 1 is 1.10 bits per heavy atom. The molecule has 0 aliphatic carbocycles. The Balaban J connectivity index is 1.43. The van der Waals surface area contributed by atoms with Gasteiger partial charge in [-0.3, -0.25) is 0 Å². The second-order valence-electron chi connectivity index (χ2n) is 6.81. The number of halogens is 3. The third-order valence-electron chi connectivity index (χ3n) is 4.77. The van der Waals surface area contributed by atoms with Crippen molar-refractivity contribution in [3.8, 4) is 11.4 Å². The molecule has 0 spiro atoms. The van der Waals surface area contributed by atoms with Gasteiger partial charge in [-0.15, -0.1) is 0 Å². The van der Waals surface area contributed by atoms with Gasteiger partial charge in [0.1, 0.15) is 5.82 Å². The molecule has 1 saturated heterocycles. The van der Waals surface area contributed by atoms with Gasteiger partial charge >= 0.3 is 6.03 Å². The molecule has 2 heterocycles. The summed E-state index contributed by atoms with van der Waals surface area (Å²) < 4.78 is 44.8. The first-order valence-corrected chi connectivity index (χ1v) is 9.10. The Kier molecular flexibility index (Phi) is 5.20. The van der Waals surface area contributed by atoms with E-state index in [1.807, 2.05) is 0 Å². The lowest BCUT2D eigenvalue weighted by atomic mass is 9.98. The summed E-state index contributed by atoms with van der Waals surface area (Å²) in [6.45, 7) is 0.867. The molecule has 1 aliphatic rings. The van der Waals surface area contributed by atoms with Crippen LogP contribution in [0.3, 0.4) is 0 Å². The Morgan fingerprint density at radius 2 is 1.90 bits per heavy atom. The molecule has 9 heteroatoms. The maximum Gasteiger partial charge on any atom is 0.321 e. The van der Waals surface area contributed by atoms with E-state index in [0.717, 1.165) is 25.0 Å². The number of likely N-dealkylation sites (tertiary alicyclic amines) is 1. The maximum absolute atomic E-state index is 13.3. The molecule has 1 aliphatic heterocycles. The summed E-state index contributed by atoms with van der Waals surface area (Å²) in [6, 6.07) is 8.52. The number of carbonyl (C=O) groups is 1. The van der Waals surface area contributed by atoms with Crippen LogP contribution >= 0.6 is 0 Å². The number of hydrogen-bond donors (Lipinski definition) is 1. The van der Waals surface area contributed by atoms with Crippen LogP contribution < -0.4 is 5.32 Å². The SMILES string of the molecule is O=C(Nc1ccc(F)c(F)c1)N1CCCC(c2nc(-c3ccc(F)cc3)no2)C1. The number of piperidine rings is 1. The number of nitrogens with one attached hydrogen (secondary N) is 1. The minimum atomic E-state index is -1.03. The normalized spacial score (nSPS) is 16.7. The highest BCUT2D eigenvalue weighted by Crippen LogP contribution is 2.28. The Labute approximate surface area is 164 Å². The van der Waals surface area contributed by atoms with E-state index >= 15 is 0 Å². The molecule has 1 aromatic heterocycles. The Hall–Kier alpha value is -3.36. The summed E-state index contributed by atoms with van der Waals surface area (Å²) >= 11 is 0. The number of anilines is 1. The van der Waals surface area contributed by atoms with Crippen LogP contribution in [0.1, 0.15) is 24.7 Å². The predicted octanol–water partition coefficient (Wildman–Crippen LogP) is 4.57. The zero-order valence-electron chi connectivity index (χ0n) is 15.2. The van der Waals surface area contributed by atoms with Crippen molar-refractivity contribution >= 4 is 11.7 Å². The van der Waals surface area contributed by atoms with Crippen molar-refractivity contribution < 1.29 is 22.5 Å². The van der Waals surface area contributed by atoms with Gasteiger partial charge in [-0.2, -0.15) is 4.98 Å². The van der Waals surface area contributed by atoms with Gasteiger partial charge in [-0.1, -0.05) is 5.16 Å². The topological polar surface area (TPSA) is 71.3 Å². The maximum atomic E-state index is 13.3. The molecule has 0 radical (unpaired) electrons. The van der Waals surface area contributed by atoms with E-state index < -0.39 is 17.7 Å². The summed E-state index contributed by atoms with van der Waals surface area (Å²) in [6.07, 6.45) is 1.49. The zero-order valence-corrected chi connectivity index (χ0v) is 15.2. The van der Waals surface area contributed by atoms with Crippen LogP contribution in [0.2, 0.25) is 0 Å². The highest BCUT2D eigenvalue weighted by molar-refractivity contribution is 5.89. The third kappa shape index (κ3) is 4.23. The van der Waals surface area contributed by atoms with Crippen LogP contribution in [0.25, 0.3) is 11.4 Å². The molecule has 2 amide bonds. The lowest BCUT2D eigenvalue weighted by Crippen LogP contribution is -2.41. The number of benzene rings is 2. The highest BCUT2D eigenvalue weighted by Gasteiger charge is 2.29. The molecule has 1 fully saturated rings. The van der Waals surface area contributed by atoms with E-state index in [1.165, 1.54) is 18.2 Å². The van der Waals surface area contributed by atoms with Gasteiger partial charge in [0.2, 0.25) is 11.7 Å². The summed E-state index contributed by atoms with van der Waals surface area (Å²) in [5, 5.41) is 6.51. The molecule has 0 bridgehead atoms. The number of aromatic nitrogens is 2. The van der Waals surface area contributed by atoms with Gasteiger partial charge in [0.25, 0.3) is 0 Å². The molecule has 29 heavy (non-hydrogen) atoms. The van der Waals surface area contributed by atoms with E-state index in [-0.39, 0.29) is 17.4 Å². The van der Waals surface area contributed by atoms with Crippen LogP contribution in [0.5, 0.6) is 0 Å². The summed E-state index contributed by atoms with van der Waals surface area (Å²) in [7, 11) is 0. The smallest absolute Gasteiger partial charge is 0.321 e. The van der Waals surface area contributed by atoms with Crippen LogP contribution in [0, 0.1) is 17.5 Å². The second kappa shape index (κ2) is 7.94. The van der Waals surface area contributed by atoms with Crippen LogP contribution in [-0.2, 0) is 0 Å². The lowest BCUT2D eigenvalue weighted by molar-refractivity contribution is 0.184. The number of hydrogen-bond acceptors (Lipinski definition) is 4. The van der Waals surface area contributed by atoms with E-state index in [9.17, 15) is 18.0 Å². The average molecular weight is 402 g/mol. The van der Waals surface area contributed by atoms with Gasteiger partial charge in [0.05, 0.1) is 5.92 Å². The van der Waals surface area contributed by atoms with Crippen LogP contribution in [-0.4, -0.2) is 34.2 Å². The molecule has 1 N–H and O–H groups in total. The van der Waals surface area contributed by atoms with Crippen LogP contribution in [0.4, 0.5) is 23.7 Å². The summed E-state index contributed by atoms with van der Waals surface area (Å²) in [5.41, 5.74) is 0.803. The molecule has 3 aromatic rings. The largest absolute Gasteiger partial charge is 0.339 e. The van der Waals surface area contributed by atoms with Crippen molar-refractivity contribution in [2.24, 2.45) is 0 Å². The van der Waals surface area contributed by atoms with Crippen molar-refractivity contribution in [3.05, 3.63) is 65.8 Å². The third-order valence-corrected chi connectivity index (χ3v) is 4.77. The minimum absolute atomic E-state index is 0.152. The molecule has 1 unspecified atom stereocenters. The van der Waals surface area contributed by atoms with E-state index in [4.69, 9.17) is 4.52 Å². The van der Waals surface area contributed by atoms with Crippen molar-refractivity contribution in [2.45, 2.75) is 18.8 Å². The number of urea groups is 1. The van der Waals surface area contributed by atoms with Gasteiger partial charge < -0.3 is 14.7 Å². The summed E-state index contributed by atoms with van der Waals surface area (Å²) in [4.78, 5) is 18.4. The predicted molar refractivity (Wildman–Crippen MR) is 98.6 cm³/mol. The molecular formula is C20H17F3N4O2. The summed E-state index contributed by atoms with van der Waals surface area (Å²) in [5.74, 6) is -1.76. The fourth-order valence-corrected chi connectivity index (χ4v) is 3.26. The Bertz CT molecular complexity index is 1020. The van der Waals surface area contributed by atoms with Gasteiger partial charge in [-0.05, 0) is 49.2 Å². The average Bonchev–Trinajstić information content (AvgIpc) is 3.22. The molecule has 0 saturated carbocycles. The second-order valence-corrected chi connectivity index (χ2v) is 6.81. The van der Waals surface area contributed by atoms with Crippen molar-refractivity contribution in [2.75, 3.05) is 18.4 Å². The van der Waals surface area contributed by atoms with Gasteiger partial charge in [0, 0.05) is 30.4 Å². The minimum Gasteiger partial charge on any atom is -0.339 e. The number of carbonyl (C=O) groups excluding carboxylic acids is 1. The molecule has 4 rings (SSSR count). The zero-order chi connectivity index (χ0) is 20.4. The quantitative estimate of drug-likeness (QED) is 0.697. The fourth-order valence-electron chi connectivity index (χ4n) is 3.26. The van der Waals surface area contributed by atoms with E-state index in [2.05, 4.69) is 15.5 Å². The van der Waals surface area contributed by atoms with Crippen molar-refractivity contribution in [3.63, 3.8) is 0 Å². The molecule has 150 valence electrons. The molecule has 2 aromatic carbocycles. The molecular weight excluding hydrogens is 385 g/mol. The molecule has 6 nitrogen and oxygen atoms in total. The number of rotatable bonds is 3. The molecule has 1 atom stereocenters. The van der Waals surface area contributed by atoms with E-state index in [1.54, 1.807) is 17.0 Å². The Morgan fingerprint density at radius 3 is 2.66 bits per heavy atom. The van der Waals surface area contributed by atoms with Gasteiger partial charge in [0.15, 0.2) is 11.6 Å². The van der Waals surface area contributed by atoms with Crippen molar-refractivity contribution in [1.29, 1.82) is 0 Å². The van der Waals surface area contributed by atoms with E-state index in [0.29, 0.717) is 30.4 Å². The lowest BCUT2D eigenvalue weighted by Gasteiger charge is -2.31.